The summed E-state index contributed by atoms with van der Waals surface area (Å²) in [5, 5.41) is 14.0. The van der Waals surface area contributed by atoms with Crippen LogP contribution in [0.2, 0.25) is 0 Å². The molecule has 0 spiro atoms. The lowest BCUT2D eigenvalue weighted by Gasteiger charge is -2.33. The molecule has 1 saturated heterocycles. The number of morpholine rings is 1. The van der Waals surface area contributed by atoms with Crippen molar-refractivity contribution in [3.8, 4) is 5.69 Å². The number of benzene rings is 1. The van der Waals surface area contributed by atoms with Gasteiger partial charge in [0.15, 0.2) is 0 Å². The van der Waals surface area contributed by atoms with Crippen LogP contribution in [0.1, 0.15) is 5.69 Å². The lowest BCUT2D eigenvalue weighted by molar-refractivity contribution is -0.0317. The number of hydrogen-bond donors (Lipinski definition) is 1. The molecule has 20 heavy (non-hydrogen) atoms. The van der Waals surface area contributed by atoms with Crippen LogP contribution in [-0.4, -0.2) is 52.2 Å². The largest absolute Gasteiger partial charge is 0.395 e. The first-order valence-corrected chi connectivity index (χ1v) is 6.89. The maximum absolute atomic E-state index is 9.38. The van der Waals surface area contributed by atoms with Gasteiger partial charge in [-0.3, -0.25) is 4.90 Å². The van der Waals surface area contributed by atoms with Crippen molar-refractivity contribution in [3.63, 3.8) is 0 Å². The van der Waals surface area contributed by atoms with E-state index in [2.05, 4.69) is 10.00 Å². The monoisotopic (exact) mass is 273 g/mol. The molecule has 0 amide bonds. The predicted octanol–water partition coefficient (Wildman–Crippen LogP) is 1.07. The average Bonchev–Trinajstić information content (AvgIpc) is 2.97. The van der Waals surface area contributed by atoms with Crippen LogP contribution >= 0.6 is 0 Å². The van der Waals surface area contributed by atoms with Crippen molar-refractivity contribution in [2.75, 3.05) is 26.4 Å². The lowest BCUT2D eigenvalue weighted by Crippen LogP contribution is -2.46. The van der Waals surface area contributed by atoms with Gasteiger partial charge in [0.25, 0.3) is 0 Å². The van der Waals surface area contributed by atoms with Crippen molar-refractivity contribution in [1.29, 1.82) is 0 Å². The van der Waals surface area contributed by atoms with Crippen LogP contribution in [0.15, 0.2) is 42.6 Å². The van der Waals surface area contributed by atoms with Crippen molar-refractivity contribution in [1.82, 2.24) is 14.7 Å². The van der Waals surface area contributed by atoms with E-state index in [9.17, 15) is 5.11 Å². The highest BCUT2D eigenvalue weighted by Gasteiger charge is 2.22. The Bertz CT molecular complexity index is 541. The summed E-state index contributed by atoms with van der Waals surface area (Å²) in [6.45, 7) is 3.02. The summed E-state index contributed by atoms with van der Waals surface area (Å²) in [7, 11) is 0. The normalized spacial score (nSPS) is 20.1. The van der Waals surface area contributed by atoms with E-state index in [1.165, 1.54) is 0 Å². The fourth-order valence-electron chi connectivity index (χ4n) is 2.44. The molecule has 0 saturated carbocycles. The molecule has 5 heteroatoms. The van der Waals surface area contributed by atoms with Crippen LogP contribution in [0.5, 0.6) is 0 Å². The number of ether oxygens (including phenoxy) is 1. The predicted molar refractivity (Wildman–Crippen MR) is 75.7 cm³/mol. The fourth-order valence-corrected chi connectivity index (χ4v) is 2.44. The Hall–Kier alpha value is -1.69. The van der Waals surface area contributed by atoms with E-state index in [1.807, 2.05) is 47.3 Å². The van der Waals surface area contributed by atoms with Gasteiger partial charge in [-0.2, -0.15) is 5.10 Å². The van der Waals surface area contributed by atoms with Gasteiger partial charge in [-0.1, -0.05) is 18.2 Å². The molecule has 1 N–H and O–H groups in total. The highest BCUT2D eigenvalue weighted by molar-refractivity contribution is 5.30. The van der Waals surface area contributed by atoms with E-state index in [0.717, 1.165) is 31.1 Å². The molecule has 1 aromatic heterocycles. The number of aromatic nitrogens is 2. The van der Waals surface area contributed by atoms with E-state index < -0.39 is 0 Å². The van der Waals surface area contributed by atoms with Gasteiger partial charge in [0, 0.05) is 19.3 Å². The smallest absolute Gasteiger partial charge is 0.0769 e. The minimum Gasteiger partial charge on any atom is -0.395 e. The summed E-state index contributed by atoms with van der Waals surface area (Å²) in [6.07, 6.45) is 1.97. The molecule has 0 bridgehead atoms. The van der Waals surface area contributed by atoms with Crippen molar-refractivity contribution in [3.05, 3.63) is 48.3 Å². The zero-order valence-electron chi connectivity index (χ0n) is 11.4. The maximum Gasteiger partial charge on any atom is 0.0769 e. The van der Waals surface area contributed by atoms with E-state index in [0.29, 0.717) is 6.61 Å². The minimum absolute atomic E-state index is 0.0747. The second kappa shape index (κ2) is 6.17. The summed E-state index contributed by atoms with van der Waals surface area (Å²) in [5.41, 5.74) is 2.06. The number of aliphatic hydroxyl groups is 1. The zero-order chi connectivity index (χ0) is 13.8. The molecule has 1 unspecified atom stereocenters. The molecule has 2 heterocycles. The SMILES string of the molecule is OCC1COCCN1Cc1ccn(-c2ccccc2)n1. The standard InChI is InChI=1S/C15H19N3O2/c19-11-15-12-20-9-8-17(15)10-13-6-7-18(16-13)14-4-2-1-3-5-14/h1-7,15,19H,8-12H2. The Labute approximate surface area is 118 Å². The average molecular weight is 273 g/mol. The third-order valence-corrected chi connectivity index (χ3v) is 3.59. The highest BCUT2D eigenvalue weighted by atomic mass is 16.5. The second-order valence-electron chi connectivity index (χ2n) is 4.97. The molecule has 1 aliphatic heterocycles. The van der Waals surface area contributed by atoms with Crippen LogP contribution in [0.3, 0.4) is 0 Å². The summed E-state index contributed by atoms with van der Waals surface area (Å²) in [6, 6.07) is 12.2. The number of aliphatic hydroxyl groups excluding tert-OH is 1. The first-order valence-electron chi connectivity index (χ1n) is 6.89. The van der Waals surface area contributed by atoms with E-state index in [-0.39, 0.29) is 12.6 Å². The van der Waals surface area contributed by atoms with Gasteiger partial charge in [0.05, 0.1) is 37.2 Å². The highest BCUT2D eigenvalue weighted by Crippen LogP contribution is 2.12. The first kappa shape index (κ1) is 13.3. The minimum atomic E-state index is 0.0747. The van der Waals surface area contributed by atoms with Gasteiger partial charge in [0.1, 0.15) is 0 Å². The first-order chi connectivity index (χ1) is 9.86. The molecule has 1 fully saturated rings. The maximum atomic E-state index is 9.38. The Kier molecular flexibility index (Phi) is 4.11. The van der Waals surface area contributed by atoms with Gasteiger partial charge < -0.3 is 9.84 Å². The van der Waals surface area contributed by atoms with Crippen molar-refractivity contribution < 1.29 is 9.84 Å². The molecule has 0 aliphatic carbocycles. The molecule has 3 rings (SSSR count). The number of rotatable bonds is 4. The summed E-state index contributed by atoms with van der Waals surface area (Å²) < 4.78 is 7.27. The Morgan fingerprint density at radius 3 is 2.90 bits per heavy atom. The van der Waals surface area contributed by atoms with Gasteiger partial charge in [-0.15, -0.1) is 0 Å². The third-order valence-electron chi connectivity index (χ3n) is 3.59. The van der Waals surface area contributed by atoms with Gasteiger partial charge in [0.2, 0.25) is 0 Å². The van der Waals surface area contributed by atoms with Gasteiger partial charge in [-0.05, 0) is 18.2 Å². The summed E-state index contributed by atoms with van der Waals surface area (Å²) >= 11 is 0. The van der Waals surface area contributed by atoms with Crippen LogP contribution in [0.25, 0.3) is 5.69 Å². The van der Waals surface area contributed by atoms with Crippen LogP contribution in [0.4, 0.5) is 0 Å². The molecular weight excluding hydrogens is 254 g/mol. The molecule has 2 aromatic rings. The van der Waals surface area contributed by atoms with Crippen LogP contribution < -0.4 is 0 Å². The topological polar surface area (TPSA) is 50.5 Å². The van der Waals surface area contributed by atoms with Gasteiger partial charge >= 0.3 is 0 Å². The molecule has 1 aromatic carbocycles. The summed E-state index contributed by atoms with van der Waals surface area (Å²) in [4.78, 5) is 2.22. The Morgan fingerprint density at radius 2 is 2.10 bits per heavy atom. The van der Waals surface area contributed by atoms with Crippen LogP contribution in [-0.2, 0) is 11.3 Å². The fraction of sp³-hybridized carbons (Fsp3) is 0.400. The van der Waals surface area contributed by atoms with E-state index >= 15 is 0 Å². The van der Waals surface area contributed by atoms with E-state index in [1.54, 1.807) is 0 Å². The summed E-state index contributed by atoms with van der Waals surface area (Å²) in [5.74, 6) is 0. The molecule has 1 aliphatic rings. The van der Waals surface area contributed by atoms with Crippen molar-refractivity contribution >= 4 is 0 Å². The third kappa shape index (κ3) is 2.90. The van der Waals surface area contributed by atoms with Crippen LogP contribution in [0, 0.1) is 0 Å². The Morgan fingerprint density at radius 1 is 1.25 bits per heavy atom. The number of hydrogen-bond acceptors (Lipinski definition) is 4. The zero-order valence-corrected chi connectivity index (χ0v) is 11.4. The molecule has 106 valence electrons. The molecular formula is C15H19N3O2. The number of nitrogens with zero attached hydrogens (tertiary/aromatic N) is 3. The van der Waals surface area contributed by atoms with Crippen molar-refractivity contribution in [2.45, 2.75) is 12.6 Å². The lowest BCUT2D eigenvalue weighted by atomic mass is 10.2. The quantitative estimate of drug-likeness (QED) is 0.905. The number of para-hydroxylation sites is 1. The molecule has 1 atom stereocenters. The van der Waals surface area contributed by atoms with E-state index in [4.69, 9.17) is 4.74 Å². The van der Waals surface area contributed by atoms with Gasteiger partial charge in [-0.25, -0.2) is 4.68 Å². The second-order valence-corrected chi connectivity index (χ2v) is 4.97. The molecule has 0 radical (unpaired) electrons. The van der Waals surface area contributed by atoms with Crippen molar-refractivity contribution in [2.24, 2.45) is 0 Å². The Balaban J connectivity index is 1.71. The molecule has 5 nitrogen and oxygen atoms in total.